The molecule has 3 heteroatoms. The van der Waals surface area contributed by atoms with E-state index in [-0.39, 0.29) is 0 Å². The van der Waals surface area contributed by atoms with Crippen LogP contribution in [0.25, 0.3) is 0 Å². The van der Waals surface area contributed by atoms with Crippen molar-refractivity contribution in [2.75, 3.05) is 0 Å². The number of pyridine rings is 1. The van der Waals surface area contributed by atoms with Crippen LogP contribution in [-0.4, -0.2) is 4.98 Å². The summed E-state index contributed by atoms with van der Waals surface area (Å²) in [6.45, 7) is 0.853. The Hall–Kier alpha value is -3.25. The monoisotopic (exact) mass is 315 g/mol. The van der Waals surface area contributed by atoms with Crippen LogP contribution in [0.15, 0.2) is 72.8 Å². The van der Waals surface area contributed by atoms with Crippen LogP contribution in [0.3, 0.4) is 0 Å². The second-order valence-electron chi connectivity index (χ2n) is 5.20. The van der Waals surface area contributed by atoms with Crippen molar-refractivity contribution in [1.82, 2.24) is 4.98 Å². The molecule has 0 fully saturated rings. The Morgan fingerprint density at radius 3 is 1.92 bits per heavy atom. The first kappa shape index (κ1) is 15.6. The van der Waals surface area contributed by atoms with Gasteiger partial charge in [-0.1, -0.05) is 66.6 Å². The molecule has 1 aromatic heterocycles. The van der Waals surface area contributed by atoms with Gasteiger partial charge >= 0.3 is 0 Å². The van der Waals surface area contributed by atoms with E-state index in [2.05, 4.69) is 10.9 Å². The first-order valence-electron chi connectivity index (χ1n) is 7.66. The third-order valence-electron chi connectivity index (χ3n) is 3.44. The molecule has 3 rings (SSSR count). The quantitative estimate of drug-likeness (QED) is 0.638. The fraction of sp³-hybridized carbons (Fsp3) is 0.0952. The Kier molecular flexibility index (Phi) is 5.11. The van der Waals surface area contributed by atoms with E-state index in [4.69, 9.17) is 15.9 Å². The van der Waals surface area contributed by atoms with Crippen LogP contribution >= 0.6 is 0 Å². The standard InChI is InChI=1S/C21H17NO2/c1-2-19-13-14-20(23-15-17-9-5-3-6-10-17)22-21(19)24-16-18-11-7-4-8-12-18/h1,3-14H,15-16H2. The molecular formula is C21H17NO2. The Bertz CT molecular complexity index is 823. The molecule has 0 aliphatic heterocycles. The lowest BCUT2D eigenvalue weighted by Crippen LogP contribution is -2.02. The third kappa shape index (κ3) is 4.15. The molecule has 0 radical (unpaired) electrons. The second-order valence-corrected chi connectivity index (χ2v) is 5.20. The van der Waals surface area contributed by atoms with E-state index < -0.39 is 0 Å². The van der Waals surface area contributed by atoms with Crippen molar-refractivity contribution in [2.24, 2.45) is 0 Å². The van der Waals surface area contributed by atoms with Gasteiger partial charge in [0.25, 0.3) is 0 Å². The zero-order chi connectivity index (χ0) is 16.6. The fourth-order valence-corrected chi connectivity index (χ4v) is 2.18. The van der Waals surface area contributed by atoms with E-state index in [1.165, 1.54) is 0 Å². The largest absolute Gasteiger partial charge is 0.473 e. The molecule has 0 saturated carbocycles. The molecule has 24 heavy (non-hydrogen) atoms. The predicted octanol–water partition coefficient (Wildman–Crippen LogP) is 4.22. The van der Waals surface area contributed by atoms with E-state index >= 15 is 0 Å². The summed E-state index contributed by atoms with van der Waals surface area (Å²) >= 11 is 0. The van der Waals surface area contributed by atoms with Gasteiger partial charge in [0, 0.05) is 6.07 Å². The Balaban J connectivity index is 1.69. The van der Waals surface area contributed by atoms with Crippen LogP contribution in [0.2, 0.25) is 0 Å². The third-order valence-corrected chi connectivity index (χ3v) is 3.44. The summed E-state index contributed by atoms with van der Waals surface area (Å²) in [6.07, 6.45) is 5.52. The highest BCUT2D eigenvalue weighted by atomic mass is 16.5. The summed E-state index contributed by atoms with van der Waals surface area (Å²) in [5, 5.41) is 0. The molecule has 0 aliphatic rings. The molecule has 2 aromatic carbocycles. The predicted molar refractivity (Wildman–Crippen MR) is 93.7 cm³/mol. The Morgan fingerprint density at radius 2 is 1.33 bits per heavy atom. The molecule has 3 nitrogen and oxygen atoms in total. The number of aromatic nitrogens is 1. The van der Waals surface area contributed by atoms with E-state index in [0.29, 0.717) is 30.5 Å². The highest BCUT2D eigenvalue weighted by molar-refractivity contribution is 5.42. The molecule has 0 saturated heterocycles. The normalized spacial score (nSPS) is 9.96. The van der Waals surface area contributed by atoms with E-state index in [1.54, 1.807) is 12.1 Å². The number of terminal acetylenes is 1. The minimum atomic E-state index is 0.407. The SMILES string of the molecule is C#Cc1ccc(OCc2ccccc2)nc1OCc1ccccc1. The van der Waals surface area contributed by atoms with Crippen molar-refractivity contribution in [3.63, 3.8) is 0 Å². The van der Waals surface area contributed by atoms with Gasteiger partial charge in [-0.25, -0.2) is 0 Å². The lowest BCUT2D eigenvalue weighted by atomic mass is 10.2. The fourth-order valence-electron chi connectivity index (χ4n) is 2.18. The van der Waals surface area contributed by atoms with Gasteiger partial charge in [0.05, 0.1) is 5.56 Å². The molecule has 118 valence electrons. The molecule has 0 atom stereocenters. The van der Waals surface area contributed by atoms with Gasteiger partial charge in [-0.15, -0.1) is 6.42 Å². The molecule has 0 amide bonds. The first-order chi connectivity index (χ1) is 11.8. The maximum absolute atomic E-state index is 5.77. The second kappa shape index (κ2) is 7.85. The van der Waals surface area contributed by atoms with Gasteiger partial charge < -0.3 is 9.47 Å². The van der Waals surface area contributed by atoms with Crippen molar-refractivity contribution in [2.45, 2.75) is 13.2 Å². The maximum atomic E-state index is 5.77. The molecule has 0 spiro atoms. The minimum absolute atomic E-state index is 0.407. The lowest BCUT2D eigenvalue weighted by Gasteiger charge is -2.10. The van der Waals surface area contributed by atoms with Crippen molar-refractivity contribution >= 4 is 0 Å². The van der Waals surface area contributed by atoms with Crippen LogP contribution in [0.1, 0.15) is 16.7 Å². The first-order valence-corrected chi connectivity index (χ1v) is 7.66. The summed E-state index contributed by atoms with van der Waals surface area (Å²) in [4.78, 5) is 4.39. The van der Waals surface area contributed by atoms with Gasteiger partial charge in [0.1, 0.15) is 13.2 Å². The summed E-state index contributed by atoms with van der Waals surface area (Å²) in [5.74, 6) is 3.49. The zero-order valence-electron chi connectivity index (χ0n) is 13.2. The number of hydrogen-bond acceptors (Lipinski definition) is 3. The van der Waals surface area contributed by atoms with E-state index in [1.807, 2.05) is 60.7 Å². The van der Waals surface area contributed by atoms with Crippen LogP contribution < -0.4 is 9.47 Å². The van der Waals surface area contributed by atoms with E-state index in [9.17, 15) is 0 Å². The molecule has 1 heterocycles. The summed E-state index contributed by atoms with van der Waals surface area (Å²) in [5.41, 5.74) is 2.74. The van der Waals surface area contributed by atoms with Gasteiger partial charge in [-0.2, -0.15) is 4.98 Å². The van der Waals surface area contributed by atoms with Crippen LogP contribution in [0.4, 0.5) is 0 Å². The topological polar surface area (TPSA) is 31.4 Å². The van der Waals surface area contributed by atoms with Gasteiger partial charge in [-0.05, 0) is 17.2 Å². The number of ether oxygens (including phenoxy) is 2. The molecule has 0 bridgehead atoms. The average Bonchev–Trinajstić information content (AvgIpc) is 2.66. The number of benzene rings is 2. The highest BCUT2D eigenvalue weighted by Gasteiger charge is 2.07. The van der Waals surface area contributed by atoms with Crippen LogP contribution in [0.5, 0.6) is 11.8 Å². The molecule has 3 aromatic rings. The van der Waals surface area contributed by atoms with E-state index in [0.717, 1.165) is 11.1 Å². The molecule has 0 unspecified atom stereocenters. The maximum Gasteiger partial charge on any atom is 0.233 e. The smallest absolute Gasteiger partial charge is 0.233 e. The van der Waals surface area contributed by atoms with Crippen molar-refractivity contribution in [3.8, 4) is 24.1 Å². The summed E-state index contributed by atoms with van der Waals surface area (Å²) in [6, 6.07) is 23.3. The number of hydrogen-bond donors (Lipinski definition) is 0. The van der Waals surface area contributed by atoms with Gasteiger partial charge in [0.2, 0.25) is 11.8 Å². The van der Waals surface area contributed by atoms with Crippen molar-refractivity contribution in [1.29, 1.82) is 0 Å². The van der Waals surface area contributed by atoms with Crippen molar-refractivity contribution in [3.05, 3.63) is 89.5 Å². The van der Waals surface area contributed by atoms with Crippen LogP contribution in [0, 0.1) is 12.3 Å². The Morgan fingerprint density at radius 1 is 0.750 bits per heavy atom. The number of rotatable bonds is 6. The molecule has 0 aliphatic carbocycles. The van der Waals surface area contributed by atoms with Crippen molar-refractivity contribution < 1.29 is 9.47 Å². The average molecular weight is 315 g/mol. The number of nitrogens with zero attached hydrogens (tertiary/aromatic N) is 1. The lowest BCUT2D eigenvalue weighted by molar-refractivity contribution is 0.267. The summed E-state index contributed by atoms with van der Waals surface area (Å²) in [7, 11) is 0. The molecule has 0 N–H and O–H groups in total. The zero-order valence-corrected chi connectivity index (χ0v) is 13.2. The van der Waals surface area contributed by atoms with Gasteiger partial charge in [0.15, 0.2) is 0 Å². The Labute approximate surface area is 141 Å². The summed E-state index contributed by atoms with van der Waals surface area (Å²) < 4.78 is 11.5. The van der Waals surface area contributed by atoms with Gasteiger partial charge in [-0.3, -0.25) is 0 Å². The van der Waals surface area contributed by atoms with Crippen LogP contribution in [-0.2, 0) is 13.2 Å². The minimum Gasteiger partial charge on any atom is -0.473 e. The molecular weight excluding hydrogens is 298 g/mol. The highest BCUT2D eigenvalue weighted by Crippen LogP contribution is 2.21.